The summed E-state index contributed by atoms with van der Waals surface area (Å²) in [6, 6.07) is -1.10. The molecule has 0 spiro atoms. The molecule has 17 heavy (non-hydrogen) atoms. The van der Waals surface area contributed by atoms with Crippen LogP contribution in [0.4, 0.5) is 4.79 Å². The number of hydrogen-bond donors (Lipinski definition) is 1. The minimum Gasteiger partial charge on any atom is -0.326 e. The van der Waals surface area contributed by atoms with Crippen LogP contribution in [0.3, 0.4) is 0 Å². The highest BCUT2D eigenvalue weighted by molar-refractivity contribution is 7.90. The van der Waals surface area contributed by atoms with Gasteiger partial charge < -0.3 is 5.32 Å². The minimum absolute atomic E-state index is 0.0920. The zero-order chi connectivity index (χ0) is 13.1. The Bertz CT molecular complexity index is 405. The fourth-order valence-electron chi connectivity index (χ4n) is 1.63. The molecule has 0 radical (unpaired) electrons. The van der Waals surface area contributed by atoms with Crippen molar-refractivity contribution >= 4 is 21.8 Å². The molecule has 1 saturated heterocycles. The van der Waals surface area contributed by atoms with Crippen LogP contribution in [0.15, 0.2) is 0 Å². The van der Waals surface area contributed by atoms with E-state index in [4.69, 9.17) is 0 Å². The van der Waals surface area contributed by atoms with E-state index in [1.807, 2.05) is 6.92 Å². The molecule has 0 aromatic rings. The normalized spacial score (nSPS) is 20.8. The second-order valence-corrected chi connectivity index (χ2v) is 6.52. The van der Waals surface area contributed by atoms with Gasteiger partial charge in [-0.15, -0.1) is 0 Å². The van der Waals surface area contributed by atoms with Crippen molar-refractivity contribution in [3.8, 4) is 0 Å². The van der Waals surface area contributed by atoms with Crippen molar-refractivity contribution in [1.29, 1.82) is 0 Å². The number of carbonyl (C=O) groups excluding carboxylic acids is 2. The van der Waals surface area contributed by atoms with Gasteiger partial charge in [0.05, 0.1) is 5.75 Å². The van der Waals surface area contributed by atoms with Crippen LogP contribution in [-0.2, 0) is 14.6 Å². The predicted octanol–water partition coefficient (Wildman–Crippen LogP) is 0.142. The number of imide groups is 1. The van der Waals surface area contributed by atoms with Crippen molar-refractivity contribution in [2.24, 2.45) is 0 Å². The van der Waals surface area contributed by atoms with Crippen LogP contribution in [0.5, 0.6) is 0 Å². The van der Waals surface area contributed by atoms with Gasteiger partial charge in [0, 0.05) is 12.8 Å². The van der Waals surface area contributed by atoms with E-state index >= 15 is 0 Å². The maximum absolute atomic E-state index is 11.8. The van der Waals surface area contributed by atoms with Crippen LogP contribution in [0.2, 0.25) is 0 Å². The molecule has 0 bridgehead atoms. The summed E-state index contributed by atoms with van der Waals surface area (Å²) in [5.41, 5.74) is 0. The third kappa shape index (κ3) is 3.99. The third-order valence-corrected chi connectivity index (χ3v) is 3.60. The van der Waals surface area contributed by atoms with Crippen LogP contribution in [-0.4, -0.2) is 49.9 Å². The minimum atomic E-state index is -3.11. The fraction of sp³-hybridized carbons (Fsp3) is 0.800. The Labute approximate surface area is 101 Å². The number of unbranched alkanes of at least 4 members (excludes halogenated alkanes) is 1. The number of sulfone groups is 1. The van der Waals surface area contributed by atoms with E-state index in [9.17, 15) is 18.0 Å². The molecule has 1 fully saturated rings. The number of nitrogens with one attached hydrogen (secondary N) is 1. The van der Waals surface area contributed by atoms with Gasteiger partial charge in [-0.05, 0) is 12.8 Å². The van der Waals surface area contributed by atoms with Crippen molar-refractivity contribution in [3.05, 3.63) is 0 Å². The predicted molar refractivity (Wildman–Crippen MR) is 63.3 cm³/mol. The van der Waals surface area contributed by atoms with Crippen LogP contribution in [0.1, 0.15) is 26.2 Å². The van der Waals surface area contributed by atoms with Gasteiger partial charge in [0.1, 0.15) is 15.9 Å². The lowest BCUT2D eigenvalue weighted by molar-refractivity contribution is -0.127. The van der Waals surface area contributed by atoms with Crippen molar-refractivity contribution in [2.75, 3.05) is 18.6 Å². The van der Waals surface area contributed by atoms with E-state index in [0.717, 1.165) is 24.0 Å². The maximum atomic E-state index is 11.8. The van der Waals surface area contributed by atoms with Crippen molar-refractivity contribution in [2.45, 2.75) is 32.2 Å². The molecule has 1 heterocycles. The second-order valence-electron chi connectivity index (χ2n) is 4.26. The molecular weight excluding hydrogens is 244 g/mol. The largest absolute Gasteiger partial charge is 0.326 e. The van der Waals surface area contributed by atoms with Gasteiger partial charge in [-0.3, -0.25) is 9.69 Å². The molecule has 1 N–H and O–H groups in total. The number of carbonyl (C=O) groups is 2. The van der Waals surface area contributed by atoms with E-state index < -0.39 is 21.9 Å². The molecule has 6 nitrogen and oxygen atoms in total. The molecular formula is C10H18N2O4S. The number of amides is 3. The Morgan fingerprint density at radius 1 is 1.35 bits per heavy atom. The summed E-state index contributed by atoms with van der Waals surface area (Å²) < 4.78 is 22.0. The molecule has 98 valence electrons. The van der Waals surface area contributed by atoms with Crippen LogP contribution >= 0.6 is 0 Å². The standard InChI is InChI=1S/C10H18N2O4S/c1-3-4-6-12-9(13)8(11-10(12)14)5-7-17(2,15)16/h8H,3-7H2,1-2H3,(H,11,14). The Hall–Kier alpha value is -1.11. The molecule has 1 aliphatic rings. The van der Waals surface area contributed by atoms with Gasteiger partial charge in [-0.2, -0.15) is 0 Å². The van der Waals surface area contributed by atoms with Crippen LogP contribution in [0, 0.1) is 0 Å². The first-order chi connectivity index (χ1) is 7.85. The number of urea groups is 1. The monoisotopic (exact) mass is 262 g/mol. The van der Waals surface area contributed by atoms with Gasteiger partial charge in [0.2, 0.25) is 0 Å². The summed E-state index contributed by atoms with van der Waals surface area (Å²) in [7, 11) is -3.11. The molecule has 1 rings (SSSR count). The molecule has 0 saturated carbocycles. The van der Waals surface area contributed by atoms with Gasteiger partial charge in [0.25, 0.3) is 5.91 Å². The Balaban J connectivity index is 2.55. The van der Waals surface area contributed by atoms with E-state index in [-0.39, 0.29) is 18.1 Å². The smallest absolute Gasteiger partial charge is 0.324 e. The lowest BCUT2D eigenvalue weighted by Gasteiger charge is -2.11. The first-order valence-electron chi connectivity index (χ1n) is 5.64. The van der Waals surface area contributed by atoms with Crippen molar-refractivity contribution in [1.82, 2.24) is 10.2 Å². The summed E-state index contributed by atoms with van der Waals surface area (Å²) in [6.07, 6.45) is 2.91. The Morgan fingerprint density at radius 3 is 2.53 bits per heavy atom. The number of rotatable bonds is 6. The number of hydrogen-bond acceptors (Lipinski definition) is 4. The molecule has 0 aromatic heterocycles. The molecule has 0 aliphatic carbocycles. The highest BCUT2D eigenvalue weighted by atomic mass is 32.2. The van der Waals surface area contributed by atoms with Crippen LogP contribution < -0.4 is 5.32 Å². The van der Waals surface area contributed by atoms with E-state index in [1.165, 1.54) is 0 Å². The lowest BCUT2D eigenvalue weighted by atomic mass is 10.2. The highest BCUT2D eigenvalue weighted by Crippen LogP contribution is 2.11. The topological polar surface area (TPSA) is 83.6 Å². The Kier molecular flexibility index (Phi) is 4.50. The summed E-state index contributed by atoms with van der Waals surface area (Å²) in [5, 5.41) is 2.51. The van der Waals surface area contributed by atoms with Crippen LogP contribution in [0.25, 0.3) is 0 Å². The van der Waals surface area contributed by atoms with Gasteiger partial charge >= 0.3 is 6.03 Å². The quantitative estimate of drug-likeness (QED) is 0.690. The maximum Gasteiger partial charge on any atom is 0.324 e. The summed E-state index contributed by atoms with van der Waals surface area (Å²) >= 11 is 0. The van der Waals surface area contributed by atoms with Gasteiger partial charge in [-0.25, -0.2) is 13.2 Å². The first kappa shape index (κ1) is 14.0. The lowest BCUT2D eigenvalue weighted by Crippen LogP contribution is -2.33. The van der Waals surface area contributed by atoms with Gasteiger partial charge in [0.15, 0.2) is 0 Å². The fourth-order valence-corrected chi connectivity index (χ4v) is 2.30. The zero-order valence-corrected chi connectivity index (χ0v) is 10.9. The zero-order valence-electron chi connectivity index (χ0n) is 10.1. The average molecular weight is 262 g/mol. The molecule has 7 heteroatoms. The number of nitrogens with zero attached hydrogens (tertiary/aromatic N) is 1. The SMILES string of the molecule is CCCCN1C(=O)NC(CCS(C)(=O)=O)C1=O. The van der Waals surface area contributed by atoms with E-state index in [1.54, 1.807) is 0 Å². The molecule has 1 atom stereocenters. The summed E-state index contributed by atoms with van der Waals surface area (Å²) in [5.74, 6) is -0.405. The van der Waals surface area contributed by atoms with Gasteiger partial charge in [-0.1, -0.05) is 13.3 Å². The van der Waals surface area contributed by atoms with E-state index in [0.29, 0.717) is 6.54 Å². The average Bonchev–Trinajstić information content (AvgIpc) is 2.48. The molecule has 1 aliphatic heterocycles. The molecule has 0 aromatic carbocycles. The van der Waals surface area contributed by atoms with Crippen molar-refractivity contribution in [3.63, 3.8) is 0 Å². The van der Waals surface area contributed by atoms with Crippen molar-refractivity contribution < 1.29 is 18.0 Å². The van der Waals surface area contributed by atoms with E-state index in [2.05, 4.69) is 5.32 Å². The summed E-state index contributed by atoms with van der Waals surface area (Å²) in [4.78, 5) is 24.4. The second kappa shape index (κ2) is 5.48. The highest BCUT2D eigenvalue weighted by Gasteiger charge is 2.37. The third-order valence-electron chi connectivity index (χ3n) is 2.62. The molecule has 1 unspecified atom stereocenters. The first-order valence-corrected chi connectivity index (χ1v) is 7.71. The summed E-state index contributed by atoms with van der Waals surface area (Å²) in [6.45, 7) is 2.37. The molecule has 3 amide bonds. The Morgan fingerprint density at radius 2 is 2.00 bits per heavy atom.